The summed E-state index contributed by atoms with van der Waals surface area (Å²) in [6.45, 7) is 8.40. The molecule has 1 amide bonds. The van der Waals surface area contributed by atoms with Crippen LogP contribution in [0.25, 0.3) is 0 Å². The number of hydrogen-bond acceptors (Lipinski definition) is 6. The third kappa shape index (κ3) is 5.74. The lowest BCUT2D eigenvalue weighted by Crippen LogP contribution is -2.41. The van der Waals surface area contributed by atoms with Crippen LogP contribution in [0.3, 0.4) is 0 Å². The molecule has 0 atom stereocenters. The van der Waals surface area contributed by atoms with Gasteiger partial charge in [-0.1, -0.05) is 30.3 Å². The van der Waals surface area contributed by atoms with Gasteiger partial charge in [-0.2, -0.15) is 0 Å². The Labute approximate surface area is 160 Å². The monoisotopic (exact) mass is 369 g/mol. The molecule has 1 saturated heterocycles. The molecule has 0 aliphatic carbocycles. The topological polar surface area (TPSA) is 70.6 Å². The first-order valence-corrected chi connectivity index (χ1v) is 9.45. The quantitative estimate of drug-likeness (QED) is 0.762. The molecule has 27 heavy (non-hydrogen) atoms. The van der Waals surface area contributed by atoms with Crippen molar-refractivity contribution in [3.8, 4) is 0 Å². The summed E-state index contributed by atoms with van der Waals surface area (Å²) in [5, 5.41) is 2.93. The van der Waals surface area contributed by atoms with E-state index in [0.29, 0.717) is 18.1 Å². The van der Waals surface area contributed by atoms with Crippen LogP contribution in [-0.2, 0) is 11.3 Å². The summed E-state index contributed by atoms with van der Waals surface area (Å²) in [6.07, 6.45) is 3.19. The molecule has 1 aromatic carbocycles. The first-order chi connectivity index (χ1) is 13.3. The number of rotatable bonds is 8. The second-order valence-electron chi connectivity index (χ2n) is 6.48. The van der Waals surface area contributed by atoms with Crippen LogP contribution in [0, 0.1) is 0 Å². The van der Waals surface area contributed by atoms with Gasteiger partial charge in [0.25, 0.3) is 5.91 Å². The number of hydrogen-bond donors (Lipinski definition) is 1. The Morgan fingerprint density at radius 1 is 1.19 bits per heavy atom. The summed E-state index contributed by atoms with van der Waals surface area (Å²) in [4.78, 5) is 25.4. The molecular weight excluding hydrogens is 342 g/mol. The van der Waals surface area contributed by atoms with Crippen molar-refractivity contribution in [3.63, 3.8) is 0 Å². The standard InChI is InChI=1S/C20H27N5O2/c1-2-25(16-17-6-4-3-5-7-17)20-22-14-18(15-23-20)19(26)21-8-9-24-10-12-27-13-11-24/h3-7,14-15H,2,8-13,16H2,1H3,(H,21,26). The number of morpholine rings is 1. The molecule has 1 aliphatic rings. The fourth-order valence-corrected chi connectivity index (χ4v) is 2.98. The van der Waals surface area contributed by atoms with E-state index in [2.05, 4.69) is 44.1 Å². The maximum atomic E-state index is 12.3. The van der Waals surface area contributed by atoms with Gasteiger partial charge in [-0.25, -0.2) is 9.97 Å². The van der Waals surface area contributed by atoms with Gasteiger partial charge in [0.15, 0.2) is 0 Å². The van der Waals surface area contributed by atoms with E-state index in [1.165, 1.54) is 5.56 Å². The minimum absolute atomic E-state index is 0.138. The zero-order valence-electron chi connectivity index (χ0n) is 15.8. The van der Waals surface area contributed by atoms with Crippen LogP contribution in [0.1, 0.15) is 22.8 Å². The normalized spacial score (nSPS) is 14.7. The fraction of sp³-hybridized carbons (Fsp3) is 0.450. The van der Waals surface area contributed by atoms with Crippen LogP contribution in [0.15, 0.2) is 42.7 Å². The zero-order valence-corrected chi connectivity index (χ0v) is 15.8. The minimum Gasteiger partial charge on any atom is -0.379 e. The van der Waals surface area contributed by atoms with Crippen LogP contribution >= 0.6 is 0 Å². The van der Waals surface area contributed by atoms with E-state index in [-0.39, 0.29) is 5.91 Å². The van der Waals surface area contributed by atoms with E-state index >= 15 is 0 Å². The average molecular weight is 369 g/mol. The highest BCUT2D eigenvalue weighted by Crippen LogP contribution is 2.12. The average Bonchev–Trinajstić information content (AvgIpc) is 2.73. The zero-order chi connectivity index (χ0) is 18.9. The van der Waals surface area contributed by atoms with Crippen LogP contribution < -0.4 is 10.2 Å². The van der Waals surface area contributed by atoms with Crippen molar-refractivity contribution in [2.24, 2.45) is 0 Å². The second-order valence-corrected chi connectivity index (χ2v) is 6.48. The summed E-state index contributed by atoms with van der Waals surface area (Å²) >= 11 is 0. The molecule has 1 aromatic heterocycles. The van der Waals surface area contributed by atoms with Crippen molar-refractivity contribution in [1.29, 1.82) is 0 Å². The molecule has 1 N–H and O–H groups in total. The minimum atomic E-state index is -0.138. The number of carbonyl (C=O) groups excluding carboxylic acids is 1. The predicted octanol–water partition coefficient (Wildman–Crippen LogP) is 1.57. The highest BCUT2D eigenvalue weighted by atomic mass is 16.5. The summed E-state index contributed by atoms with van der Waals surface area (Å²) in [5.41, 5.74) is 1.68. The molecule has 2 aromatic rings. The molecule has 7 heteroatoms. The van der Waals surface area contributed by atoms with Crippen LogP contribution in [0.4, 0.5) is 5.95 Å². The molecule has 144 valence electrons. The van der Waals surface area contributed by atoms with E-state index in [0.717, 1.165) is 45.9 Å². The number of nitrogens with zero attached hydrogens (tertiary/aromatic N) is 4. The highest BCUT2D eigenvalue weighted by molar-refractivity contribution is 5.93. The largest absolute Gasteiger partial charge is 0.379 e. The van der Waals surface area contributed by atoms with E-state index in [1.54, 1.807) is 12.4 Å². The molecule has 0 saturated carbocycles. The van der Waals surface area contributed by atoms with Crippen LogP contribution in [-0.4, -0.2) is 66.7 Å². The lowest BCUT2D eigenvalue weighted by molar-refractivity contribution is 0.0383. The SMILES string of the molecule is CCN(Cc1ccccc1)c1ncc(C(=O)NCCN2CCOCC2)cn1. The van der Waals surface area contributed by atoms with Gasteiger partial charge in [0.1, 0.15) is 0 Å². The van der Waals surface area contributed by atoms with Crippen molar-refractivity contribution in [3.05, 3.63) is 53.9 Å². The molecule has 0 bridgehead atoms. The van der Waals surface area contributed by atoms with Gasteiger partial charge in [0, 0.05) is 51.7 Å². The number of ether oxygens (including phenoxy) is 1. The first kappa shape index (κ1) is 19.3. The highest BCUT2D eigenvalue weighted by Gasteiger charge is 2.13. The molecule has 1 aliphatic heterocycles. The molecule has 7 nitrogen and oxygen atoms in total. The number of carbonyl (C=O) groups is 1. The first-order valence-electron chi connectivity index (χ1n) is 9.45. The lowest BCUT2D eigenvalue weighted by Gasteiger charge is -2.26. The van der Waals surface area contributed by atoms with Gasteiger partial charge in [0.2, 0.25) is 5.95 Å². The number of benzene rings is 1. The van der Waals surface area contributed by atoms with E-state index in [4.69, 9.17) is 4.74 Å². The van der Waals surface area contributed by atoms with E-state index in [9.17, 15) is 4.79 Å². The van der Waals surface area contributed by atoms with Gasteiger partial charge in [0.05, 0.1) is 18.8 Å². The van der Waals surface area contributed by atoms with Crippen LogP contribution in [0.5, 0.6) is 0 Å². The molecule has 1 fully saturated rings. The Bertz CT molecular complexity index is 702. The van der Waals surface area contributed by atoms with Crippen LogP contribution in [0.2, 0.25) is 0 Å². The van der Waals surface area contributed by atoms with Crippen molar-refractivity contribution in [2.45, 2.75) is 13.5 Å². The predicted molar refractivity (Wildman–Crippen MR) is 105 cm³/mol. The maximum absolute atomic E-state index is 12.3. The maximum Gasteiger partial charge on any atom is 0.254 e. The lowest BCUT2D eigenvalue weighted by atomic mass is 10.2. The van der Waals surface area contributed by atoms with Crippen molar-refractivity contribution >= 4 is 11.9 Å². The summed E-state index contributed by atoms with van der Waals surface area (Å²) in [7, 11) is 0. The molecule has 0 spiro atoms. The Kier molecular flexibility index (Phi) is 7.12. The second kappa shape index (κ2) is 9.99. The Morgan fingerprint density at radius 2 is 1.89 bits per heavy atom. The molecule has 3 rings (SSSR count). The van der Waals surface area contributed by atoms with E-state index in [1.807, 2.05) is 18.2 Å². The molecular formula is C20H27N5O2. The Hall–Kier alpha value is -2.51. The fourth-order valence-electron chi connectivity index (χ4n) is 2.98. The molecule has 2 heterocycles. The van der Waals surface area contributed by atoms with Gasteiger partial charge >= 0.3 is 0 Å². The Balaban J connectivity index is 1.51. The summed E-state index contributed by atoms with van der Waals surface area (Å²) in [6, 6.07) is 10.2. The number of aromatic nitrogens is 2. The van der Waals surface area contributed by atoms with Gasteiger partial charge in [-0.15, -0.1) is 0 Å². The van der Waals surface area contributed by atoms with Crippen molar-refractivity contribution < 1.29 is 9.53 Å². The van der Waals surface area contributed by atoms with Crippen molar-refractivity contribution in [1.82, 2.24) is 20.2 Å². The molecule has 0 unspecified atom stereocenters. The van der Waals surface area contributed by atoms with E-state index < -0.39 is 0 Å². The summed E-state index contributed by atoms with van der Waals surface area (Å²) < 4.78 is 5.32. The third-order valence-electron chi connectivity index (χ3n) is 4.60. The number of nitrogens with one attached hydrogen (secondary N) is 1. The number of amides is 1. The summed E-state index contributed by atoms with van der Waals surface area (Å²) in [5.74, 6) is 0.493. The number of anilines is 1. The van der Waals surface area contributed by atoms with Gasteiger partial charge < -0.3 is 15.0 Å². The molecule has 0 radical (unpaired) electrons. The van der Waals surface area contributed by atoms with Gasteiger partial charge in [-0.3, -0.25) is 9.69 Å². The Morgan fingerprint density at radius 3 is 2.56 bits per heavy atom. The smallest absolute Gasteiger partial charge is 0.254 e. The van der Waals surface area contributed by atoms with Crippen molar-refractivity contribution in [2.75, 3.05) is 50.8 Å². The third-order valence-corrected chi connectivity index (χ3v) is 4.60. The van der Waals surface area contributed by atoms with Gasteiger partial charge in [-0.05, 0) is 12.5 Å².